The molecule has 0 bridgehead atoms. The first kappa shape index (κ1) is 24.4. The zero-order chi connectivity index (χ0) is 23.8. The summed E-state index contributed by atoms with van der Waals surface area (Å²) in [7, 11) is 0. The van der Waals surface area contributed by atoms with E-state index in [-0.39, 0.29) is 5.91 Å². The van der Waals surface area contributed by atoms with Gasteiger partial charge in [0.15, 0.2) is 5.82 Å². The maximum absolute atomic E-state index is 12.3. The van der Waals surface area contributed by atoms with Gasteiger partial charge >= 0.3 is 0 Å². The predicted molar refractivity (Wildman–Crippen MR) is 142 cm³/mol. The van der Waals surface area contributed by atoms with Crippen molar-refractivity contribution in [1.29, 1.82) is 0 Å². The molecule has 0 spiro atoms. The number of carbonyl (C=O) groups is 1. The molecule has 4 rings (SSSR count). The lowest BCUT2D eigenvalue weighted by Gasteiger charge is -2.36. The van der Waals surface area contributed by atoms with E-state index < -0.39 is 0 Å². The molecule has 1 amide bonds. The minimum absolute atomic E-state index is 0.0469. The van der Waals surface area contributed by atoms with Crippen LogP contribution in [0.4, 0.5) is 17.2 Å². The second-order valence-electron chi connectivity index (χ2n) is 8.32. The molecule has 178 valence electrons. The number of nitrogens with one attached hydrogen (secondary N) is 1. The number of carbonyl (C=O) groups excluding carboxylic acids is 1. The first-order valence-electron chi connectivity index (χ1n) is 11.7. The van der Waals surface area contributed by atoms with E-state index >= 15 is 0 Å². The zero-order valence-electron chi connectivity index (χ0n) is 19.4. The van der Waals surface area contributed by atoms with Crippen molar-refractivity contribution in [1.82, 2.24) is 10.2 Å². The molecular formula is C26H30ClN5OS. The molecule has 3 aromatic rings. The summed E-state index contributed by atoms with van der Waals surface area (Å²) in [6.07, 6.45) is 3.44. The minimum atomic E-state index is -0.0469. The average molecular weight is 496 g/mol. The molecule has 2 heterocycles. The van der Waals surface area contributed by atoms with Crippen LogP contribution in [0.15, 0.2) is 65.7 Å². The monoisotopic (exact) mass is 495 g/mol. The Balaban J connectivity index is 1.22. The van der Waals surface area contributed by atoms with Crippen LogP contribution in [0.25, 0.3) is 0 Å². The van der Waals surface area contributed by atoms with Crippen molar-refractivity contribution in [3.63, 3.8) is 0 Å². The summed E-state index contributed by atoms with van der Waals surface area (Å²) in [5.74, 6) is 1.11. The fraction of sp³-hybridized carbons (Fsp3) is 0.346. The SMILES string of the molecule is CCCCc1ccc(NC(=O)CSc2ccc(N3CCN(c4cccc(Cl)c4)CC3)nn2)cc1. The van der Waals surface area contributed by atoms with Crippen LogP contribution in [-0.4, -0.2) is 48.0 Å². The number of rotatable bonds is 9. The number of unbranched alkanes of at least 4 members (excludes halogenated alkanes) is 1. The number of hydrogen-bond acceptors (Lipinski definition) is 6. The molecule has 1 saturated heterocycles. The molecule has 0 radical (unpaired) electrons. The van der Waals surface area contributed by atoms with E-state index in [1.54, 1.807) is 0 Å². The summed E-state index contributed by atoms with van der Waals surface area (Å²) in [5.41, 5.74) is 3.27. The van der Waals surface area contributed by atoms with Gasteiger partial charge in [-0.2, -0.15) is 0 Å². The van der Waals surface area contributed by atoms with Gasteiger partial charge in [-0.15, -0.1) is 10.2 Å². The Labute approximate surface area is 210 Å². The first-order valence-corrected chi connectivity index (χ1v) is 13.1. The van der Waals surface area contributed by atoms with E-state index in [2.05, 4.69) is 50.4 Å². The number of nitrogens with zero attached hydrogens (tertiary/aromatic N) is 4. The molecule has 0 unspecified atom stereocenters. The molecule has 1 aliphatic rings. The van der Waals surface area contributed by atoms with Crippen LogP contribution in [0.1, 0.15) is 25.3 Å². The highest BCUT2D eigenvalue weighted by Gasteiger charge is 2.19. The van der Waals surface area contributed by atoms with E-state index in [0.717, 1.165) is 59.8 Å². The Morgan fingerprint density at radius 1 is 1.00 bits per heavy atom. The molecular weight excluding hydrogens is 466 g/mol. The maximum Gasteiger partial charge on any atom is 0.234 e. The van der Waals surface area contributed by atoms with Gasteiger partial charge in [-0.3, -0.25) is 4.79 Å². The van der Waals surface area contributed by atoms with Crippen molar-refractivity contribution in [3.05, 3.63) is 71.2 Å². The van der Waals surface area contributed by atoms with Gasteiger partial charge in [0.2, 0.25) is 5.91 Å². The van der Waals surface area contributed by atoms with Gasteiger partial charge in [-0.25, -0.2) is 0 Å². The normalized spacial score (nSPS) is 13.7. The van der Waals surface area contributed by atoms with Crippen molar-refractivity contribution in [2.24, 2.45) is 0 Å². The number of aryl methyl sites for hydroxylation is 1. The topological polar surface area (TPSA) is 61.4 Å². The molecule has 6 nitrogen and oxygen atoms in total. The van der Waals surface area contributed by atoms with Gasteiger partial charge in [-0.05, 0) is 60.9 Å². The Morgan fingerprint density at radius 3 is 2.44 bits per heavy atom. The smallest absolute Gasteiger partial charge is 0.234 e. The summed E-state index contributed by atoms with van der Waals surface area (Å²) in [4.78, 5) is 16.9. The number of benzene rings is 2. The Kier molecular flexibility index (Phi) is 8.66. The van der Waals surface area contributed by atoms with Crippen molar-refractivity contribution < 1.29 is 4.79 Å². The van der Waals surface area contributed by atoms with Crippen LogP contribution in [0.3, 0.4) is 0 Å². The molecule has 1 N–H and O–H groups in total. The number of amides is 1. The molecule has 1 fully saturated rings. The van der Waals surface area contributed by atoms with Crippen LogP contribution in [0.2, 0.25) is 5.02 Å². The zero-order valence-corrected chi connectivity index (χ0v) is 21.0. The summed E-state index contributed by atoms with van der Waals surface area (Å²) < 4.78 is 0. The average Bonchev–Trinajstić information content (AvgIpc) is 2.87. The Bertz CT molecular complexity index is 1070. The molecule has 0 saturated carbocycles. The fourth-order valence-corrected chi connectivity index (χ4v) is 4.70. The van der Waals surface area contributed by atoms with E-state index in [1.807, 2.05) is 42.5 Å². The third kappa shape index (κ3) is 6.87. The van der Waals surface area contributed by atoms with Gasteiger partial charge in [0.1, 0.15) is 5.03 Å². The number of halogens is 1. The summed E-state index contributed by atoms with van der Waals surface area (Å²) in [5, 5.41) is 13.2. The van der Waals surface area contributed by atoms with Gasteiger partial charge in [0, 0.05) is 42.6 Å². The molecule has 1 aromatic heterocycles. The molecule has 0 atom stereocenters. The second-order valence-corrected chi connectivity index (χ2v) is 9.75. The predicted octanol–water partition coefficient (Wildman–Crippen LogP) is 5.53. The quantitative estimate of drug-likeness (QED) is 0.394. The summed E-state index contributed by atoms with van der Waals surface area (Å²) >= 11 is 7.52. The number of aromatic nitrogens is 2. The second kappa shape index (κ2) is 12.1. The van der Waals surface area contributed by atoms with Gasteiger partial charge < -0.3 is 15.1 Å². The van der Waals surface area contributed by atoms with Crippen molar-refractivity contribution in [3.8, 4) is 0 Å². The number of thioether (sulfide) groups is 1. The van der Waals surface area contributed by atoms with E-state index in [0.29, 0.717) is 5.75 Å². The van der Waals surface area contributed by atoms with Gasteiger partial charge in [0.05, 0.1) is 5.75 Å². The molecule has 1 aliphatic heterocycles. The van der Waals surface area contributed by atoms with E-state index in [9.17, 15) is 4.79 Å². The van der Waals surface area contributed by atoms with Crippen LogP contribution in [-0.2, 0) is 11.2 Å². The number of hydrogen-bond donors (Lipinski definition) is 1. The third-order valence-corrected chi connectivity index (χ3v) is 6.97. The number of anilines is 3. The maximum atomic E-state index is 12.3. The highest BCUT2D eigenvalue weighted by Crippen LogP contribution is 2.23. The lowest BCUT2D eigenvalue weighted by atomic mass is 10.1. The molecule has 2 aromatic carbocycles. The highest BCUT2D eigenvalue weighted by molar-refractivity contribution is 7.99. The minimum Gasteiger partial charge on any atom is -0.368 e. The van der Waals surface area contributed by atoms with E-state index in [1.165, 1.54) is 30.2 Å². The van der Waals surface area contributed by atoms with Crippen LogP contribution in [0.5, 0.6) is 0 Å². The molecule has 34 heavy (non-hydrogen) atoms. The molecule has 8 heteroatoms. The summed E-state index contributed by atoms with van der Waals surface area (Å²) in [6.45, 7) is 5.73. The highest BCUT2D eigenvalue weighted by atomic mass is 35.5. The molecule has 0 aliphatic carbocycles. The van der Waals surface area contributed by atoms with Crippen LogP contribution in [0, 0.1) is 0 Å². The van der Waals surface area contributed by atoms with Gasteiger partial charge in [0.25, 0.3) is 0 Å². The first-order chi connectivity index (χ1) is 16.6. The Morgan fingerprint density at radius 2 is 1.76 bits per heavy atom. The van der Waals surface area contributed by atoms with Crippen LogP contribution < -0.4 is 15.1 Å². The fourth-order valence-electron chi connectivity index (χ4n) is 3.90. The third-order valence-electron chi connectivity index (χ3n) is 5.81. The van der Waals surface area contributed by atoms with Crippen LogP contribution >= 0.6 is 23.4 Å². The lowest BCUT2D eigenvalue weighted by molar-refractivity contribution is -0.113. The summed E-state index contributed by atoms with van der Waals surface area (Å²) in [6, 6.07) is 20.0. The largest absolute Gasteiger partial charge is 0.368 e. The standard InChI is InChI=1S/C26H30ClN5OS/c1-2-3-5-20-8-10-22(11-9-20)28-25(33)19-34-26-13-12-24(29-30-26)32-16-14-31(15-17-32)23-7-4-6-21(27)18-23/h4,6-13,18H,2-3,5,14-17,19H2,1H3,(H,28,33). The van der Waals surface area contributed by atoms with Crippen molar-refractivity contribution in [2.45, 2.75) is 31.2 Å². The lowest BCUT2D eigenvalue weighted by Crippen LogP contribution is -2.46. The van der Waals surface area contributed by atoms with Gasteiger partial charge in [-0.1, -0.05) is 54.9 Å². The van der Waals surface area contributed by atoms with Crippen molar-refractivity contribution >= 4 is 46.5 Å². The Hall–Kier alpha value is -2.77. The number of piperazine rings is 1. The van der Waals surface area contributed by atoms with Crippen molar-refractivity contribution in [2.75, 3.05) is 47.0 Å². The van der Waals surface area contributed by atoms with E-state index in [4.69, 9.17) is 11.6 Å².